The number of nitrogens with zero attached hydrogens (tertiary/aromatic N) is 6. The van der Waals surface area contributed by atoms with Crippen molar-refractivity contribution in [1.29, 1.82) is 0 Å². The van der Waals surface area contributed by atoms with Gasteiger partial charge in [-0.2, -0.15) is 17.9 Å². The lowest BCUT2D eigenvalue weighted by atomic mass is 10.1. The summed E-state index contributed by atoms with van der Waals surface area (Å²) in [7, 11) is 0. The van der Waals surface area contributed by atoms with Crippen LogP contribution in [0.15, 0.2) is 48.7 Å². The molecule has 1 aliphatic rings. The summed E-state index contributed by atoms with van der Waals surface area (Å²) in [4.78, 5) is 4.01. The number of hydrogen-bond acceptors (Lipinski definition) is 5. The molecule has 1 fully saturated rings. The van der Waals surface area contributed by atoms with Crippen LogP contribution in [0.2, 0.25) is 10.0 Å². The minimum Gasteiger partial charge on any atom is -0.374 e. The molecular formula is C20H17Cl2F3N6. The highest BCUT2D eigenvalue weighted by molar-refractivity contribution is 6.42. The molecule has 2 heterocycles. The highest BCUT2D eigenvalue weighted by Crippen LogP contribution is 2.32. The van der Waals surface area contributed by atoms with E-state index in [9.17, 15) is 13.2 Å². The molecule has 1 aliphatic heterocycles. The van der Waals surface area contributed by atoms with E-state index in [4.69, 9.17) is 23.2 Å². The van der Waals surface area contributed by atoms with Gasteiger partial charge in [0.2, 0.25) is 0 Å². The third-order valence-corrected chi connectivity index (χ3v) is 5.67. The van der Waals surface area contributed by atoms with Gasteiger partial charge in [0.15, 0.2) is 5.82 Å². The zero-order valence-corrected chi connectivity index (χ0v) is 17.6. The number of anilines is 1. The van der Waals surface area contributed by atoms with Gasteiger partial charge in [0.1, 0.15) is 0 Å². The molecule has 0 amide bonds. The lowest BCUT2D eigenvalue weighted by Gasteiger charge is -2.35. The normalized spacial score (nSPS) is 15.1. The quantitative estimate of drug-likeness (QED) is 0.551. The lowest BCUT2D eigenvalue weighted by Crippen LogP contribution is -2.44. The van der Waals surface area contributed by atoms with Crippen molar-refractivity contribution in [2.45, 2.75) is 6.18 Å². The highest BCUT2D eigenvalue weighted by atomic mass is 35.5. The third kappa shape index (κ3) is 4.94. The number of rotatable bonds is 4. The molecule has 6 nitrogen and oxygen atoms in total. The van der Waals surface area contributed by atoms with E-state index in [0.29, 0.717) is 53.4 Å². The van der Waals surface area contributed by atoms with E-state index in [-0.39, 0.29) is 0 Å². The summed E-state index contributed by atoms with van der Waals surface area (Å²) in [5, 5.41) is 12.6. The van der Waals surface area contributed by atoms with E-state index >= 15 is 0 Å². The van der Waals surface area contributed by atoms with Crippen LogP contribution in [0.3, 0.4) is 0 Å². The molecule has 0 saturated carbocycles. The largest absolute Gasteiger partial charge is 0.416 e. The Hall–Kier alpha value is -2.78. The Labute approximate surface area is 186 Å². The minimum absolute atomic E-state index is 0.398. The van der Waals surface area contributed by atoms with Gasteiger partial charge in [-0.3, -0.25) is 0 Å². The van der Waals surface area contributed by atoms with Crippen LogP contribution in [-0.2, 0) is 6.18 Å². The Bertz CT molecular complexity index is 1090. The summed E-state index contributed by atoms with van der Waals surface area (Å²) >= 11 is 12.0. The first kappa shape index (κ1) is 21.5. The van der Waals surface area contributed by atoms with E-state index in [1.54, 1.807) is 30.3 Å². The molecule has 4 rings (SSSR count). The summed E-state index contributed by atoms with van der Waals surface area (Å²) < 4.78 is 40.4. The fourth-order valence-electron chi connectivity index (χ4n) is 3.28. The van der Waals surface area contributed by atoms with Gasteiger partial charge in [0.05, 0.1) is 21.3 Å². The fraction of sp³-hybridized carbons (Fsp3) is 0.250. The Balaban J connectivity index is 1.41. The second kappa shape index (κ2) is 8.76. The van der Waals surface area contributed by atoms with Crippen LogP contribution in [0, 0.1) is 0 Å². The first-order valence-electron chi connectivity index (χ1n) is 9.39. The van der Waals surface area contributed by atoms with Gasteiger partial charge in [-0.25, -0.2) is 0 Å². The van der Waals surface area contributed by atoms with E-state index in [0.717, 1.165) is 6.07 Å². The van der Waals surface area contributed by atoms with Crippen molar-refractivity contribution in [2.24, 2.45) is 0 Å². The van der Waals surface area contributed by atoms with Crippen LogP contribution in [0.4, 0.5) is 18.9 Å². The highest BCUT2D eigenvalue weighted by Gasteiger charge is 2.31. The molecule has 162 valence electrons. The Kier molecular flexibility index (Phi) is 6.06. The van der Waals surface area contributed by atoms with Crippen molar-refractivity contribution < 1.29 is 13.2 Å². The standard InChI is InChI=1S/C20H17Cl2F3N6/c21-17-5-4-16(13-18(17)22)31-19(26-27-28-31)6-7-29-8-10-30(11-9-29)15-3-1-2-14(12-15)20(23,24)25/h1-7,12-13H,8-11H2. The van der Waals surface area contributed by atoms with Gasteiger partial charge in [-0.15, -0.1) is 5.10 Å². The van der Waals surface area contributed by atoms with Gasteiger partial charge in [0, 0.05) is 44.1 Å². The first-order chi connectivity index (χ1) is 14.8. The van der Waals surface area contributed by atoms with E-state index in [2.05, 4.69) is 20.4 Å². The number of halogens is 5. The molecule has 3 aromatic rings. The van der Waals surface area contributed by atoms with Crippen molar-refractivity contribution in [2.75, 3.05) is 31.1 Å². The van der Waals surface area contributed by atoms with Gasteiger partial charge in [0.25, 0.3) is 0 Å². The SMILES string of the molecule is FC(F)(F)c1cccc(N2CCN(C=Cc3nnnn3-c3ccc(Cl)c(Cl)c3)CC2)c1. The molecule has 11 heteroatoms. The molecule has 0 bridgehead atoms. The van der Waals surface area contributed by atoms with Crippen LogP contribution < -0.4 is 4.90 Å². The summed E-state index contributed by atoms with van der Waals surface area (Å²) in [6.07, 6.45) is -0.690. The zero-order chi connectivity index (χ0) is 22.0. The van der Waals surface area contributed by atoms with E-state index in [1.807, 2.05) is 11.1 Å². The molecular weight excluding hydrogens is 452 g/mol. The van der Waals surface area contributed by atoms with Crippen molar-refractivity contribution in [1.82, 2.24) is 25.1 Å². The molecule has 0 radical (unpaired) electrons. The molecule has 0 spiro atoms. The molecule has 2 aromatic carbocycles. The van der Waals surface area contributed by atoms with Gasteiger partial charge < -0.3 is 9.80 Å². The minimum atomic E-state index is -4.35. The van der Waals surface area contributed by atoms with Gasteiger partial charge in [-0.05, 0) is 46.8 Å². The average Bonchev–Trinajstić information content (AvgIpc) is 3.23. The van der Waals surface area contributed by atoms with Crippen molar-refractivity contribution in [3.63, 3.8) is 0 Å². The van der Waals surface area contributed by atoms with Crippen molar-refractivity contribution in [3.8, 4) is 5.69 Å². The fourth-order valence-corrected chi connectivity index (χ4v) is 3.57. The van der Waals surface area contributed by atoms with Crippen LogP contribution in [-0.4, -0.2) is 51.3 Å². The van der Waals surface area contributed by atoms with Crippen LogP contribution in [0.1, 0.15) is 11.4 Å². The number of alkyl halides is 3. The van der Waals surface area contributed by atoms with Gasteiger partial charge >= 0.3 is 6.18 Å². The summed E-state index contributed by atoms with van der Waals surface area (Å²) in [5.41, 5.74) is 0.608. The monoisotopic (exact) mass is 468 g/mol. The Morgan fingerprint density at radius 1 is 0.903 bits per heavy atom. The van der Waals surface area contributed by atoms with Crippen LogP contribution in [0.5, 0.6) is 0 Å². The molecule has 0 aliphatic carbocycles. The molecule has 0 N–H and O–H groups in total. The number of aromatic nitrogens is 4. The summed E-state index contributed by atoms with van der Waals surface area (Å²) in [6, 6.07) is 10.5. The maximum atomic E-state index is 13.0. The Morgan fingerprint density at radius 3 is 2.39 bits per heavy atom. The predicted octanol–water partition coefficient (Wildman–Crippen LogP) is 4.78. The second-order valence-corrected chi connectivity index (χ2v) is 7.75. The van der Waals surface area contributed by atoms with Crippen LogP contribution >= 0.6 is 23.2 Å². The van der Waals surface area contributed by atoms with E-state index < -0.39 is 11.7 Å². The molecule has 0 unspecified atom stereocenters. The lowest BCUT2D eigenvalue weighted by molar-refractivity contribution is -0.137. The molecule has 1 saturated heterocycles. The number of benzene rings is 2. The second-order valence-electron chi connectivity index (χ2n) is 6.93. The van der Waals surface area contributed by atoms with E-state index in [1.165, 1.54) is 16.8 Å². The zero-order valence-electron chi connectivity index (χ0n) is 16.1. The third-order valence-electron chi connectivity index (χ3n) is 4.93. The summed E-state index contributed by atoms with van der Waals surface area (Å²) in [5.74, 6) is 0.513. The smallest absolute Gasteiger partial charge is 0.374 e. The number of piperazine rings is 1. The molecule has 1 aromatic heterocycles. The topological polar surface area (TPSA) is 50.1 Å². The number of tetrazole rings is 1. The average molecular weight is 469 g/mol. The molecule has 31 heavy (non-hydrogen) atoms. The predicted molar refractivity (Wildman–Crippen MR) is 113 cm³/mol. The number of hydrogen-bond donors (Lipinski definition) is 0. The van der Waals surface area contributed by atoms with Gasteiger partial charge in [-0.1, -0.05) is 29.3 Å². The van der Waals surface area contributed by atoms with Crippen LogP contribution in [0.25, 0.3) is 11.8 Å². The maximum Gasteiger partial charge on any atom is 0.416 e. The maximum absolute atomic E-state index is 13.0. The van der Waals surface area contributed by atoms with Crippen molar-refractivity contribution in [3.05, 3.63) is 70.1 Å². The first-order valence-corrected chi connectivity index (χ1v) is 10.1. The van der Waals surface area contributed by atoms with Crippen molar-refractivity contribution >= 4 is 35.0 Å². The summed E-state index contributed by atoms with van der Waals surface area (Å²) in [6.45, 7) is 2.51. The Morgan fingerprint density at radius 2 is 1.68 bits per heavy atom. The molecule has 0 atom stereocenters.